The maximum absolute atomic E-state index is 15.0. The zero-order chi connectivity index (χ0) is 48.4. The predicted molar refractivity (Wildman–Crippen MR) is 216 cm³/mol. The van der Waals surface area contributed by atoms with Gasteiger partial charge in [-0.2, -0.15) is 0 Å². The Balaban J connectivity index is 1.50. The molecule has 2 aromatic carbocycles. The van der Waals surface area contributed by atoms with Crippen molar-refractivity contribution in [2.24, 2.45) is 16.7 Å². The summed E-state index contributed by atoms with van der Waals surface area (Å²) in [7, 11) is 0. The molecule has 6 N–H and O–H groups in total. The van der Waals surface area contributed by atoms with Crippen LogP contribution in [0, 0.1) is 16.7 Å². The molecule has 2 saturated carbocycles. The molecule has 3 aliphatic carbocycles. The van der Waals surface area contributed by atoms with Gasteiger partial charge in [-0.05, 0) is 75.1 Å². The first-order valence-corrected chi connectivity index (χ1v) is 20.8. The van der Waals surface area contributed by atoms with E-state index >= 15 is 4.79 Å². The van der Waals surface area contributed by atoms with Crippen molar-refractivity contribution in [3.63, 3.8) is 0 Å². The highest BCUT2D eigenvalue weighted by atomic mass is 19.4. The van der Waals surface area contributed by atoms with Gasteiger partial charge in [-0.3, -0.25) is 9.59 Å². The molecule has 20 heteroatoms. The van der Waals surface area contributed by atoms with Gasteiger partial charge in [-0.1, -0.05) is 44.2 Å². The fourth-order valence-corrected chi connectivity index (χ4v) is 10.0. The fraction of sp³-hybridized carbons (Fsp3) is 0.578. The second-order valence-electron chi connectivity index (χ2n) is 18.8. The Labute approximate surface area is 371 Å². The third-order valence-corrected chi connectivity index (χ3v) is 13.2. The SMILES string of the molecule is CC(=O)O[C@@]12CO[C@@H]1C[C@H](O)[C@@]1(C)C(=O)[C@H](O)C3=C(C)[C@@H](OC(=O)[C@H](O)[C@@H](NC(=O)OC(C)(C)C)c4cccc(CO)c4)C[C@@](O)([C@@H](OC(=O)c4cccc(OC(F)(F)F)c4)[C@H]21)C3(C)C. The topological polar surface area (TPSA) is 254 Å². The number of hydrogen-bond donors (Lipinski definition) is 6. The van der Waals surface area contributed by atoms with E-state index in [4.69, 9.17) is 23.7 Å². The largest absolute Gasteiger partial charge is 0.573 e. The Morgan fingerprint density at radius 2 is 1.66 bits per heavy atom. The molecule has 11 atom stereocenters. The molecule has 0 aromatic heterocycles. The summed E-state index contributed by atoms with van der Waals surface area (Å²) in [6.45, 7) is 10.3. The Morgan fingerprint density at radius 1 is 1.00 bits per heavy atom. The number of aliphatic hydroxyl groups excluding tert-OH is 4. The number of rotatable bonds is 10. The monoisotopic (exact) mass is 921 g/mol. The van der Waals surface area contributed by atoms with E-state index in [0.717, 1.165) is 31.2 Å². The molecule has 1 aliphatic heterocycles. The third-order valence-electron chi connectivity index (χ3n) is 13.2. The van der Waals surface area contributed by atoms with Gasteiger partial charge in [-0.15, -0.1) is 13.2 Å². The Bertz CT molecular complexity index is 2260. The molecule has 1 saturated heterocycles. The summed E-state index contributed by atoms with van der Waals surface area (Å²) in [4.78, 5) is 69.6. The van der Waals surface area contributed by atoms with Gasteiger partial charge in [0.05, 0.1) is 42.3 Å². The lowest BCUT2D eigenvalue weighted by Crippen LogP contribution is -2.81. The normalized spacial score (nSPS) is 31.6. The zero-order valence-electron chi connectivity index (χ0n) is 36.9. The average Bonchev–Trinajstić information content (AvgIpc) is 3.19. The number of nitrogens with one attached hydrogen (secondary N) is 1. The zero-order valence-corrected chi connectivity index (χ0v) is 36.9. The molecule has 0 radical (unpaired) electrons. The van der Waals surface area contributed by atoms with Gasteiger partial charge >= 0.3 is 30.4 Å². The molecule has 17 nitrogen and oxygen atoms in total. The van der Waals surface area contributed by atoms with Gasteiger partial charge in [0, 0.05) is 25.2 Å². The van der Waals surface area contributed by atoms with Crippen LogP contribution in [0.2, 0.25) is 0 Å². The van der Waals surface area contributed by atoms with Crippen molar-refractivity contribution < 1.29 is 91.1 Å². The lowest BCUT2D eigenvalue weighted by atomic mass is 9.44. The van der Waals surface area contributed by atoms with Crippen molar-refractivity contribution in [2.75, 3.05) is 6.61 Å². The molecule has 3 fully saturated rings. The van der Waals surface area contributed by atoms with Crippen LogP contribution in [0.5, 0.6) is 5.75 Å². The van der Waals surface area contributed by atoms with Crippen LogP contribution in [0.25, 0.3) is 0 Å². The second kappa shape index (κ2) is 17.3. The average molecular weight is 922 g/mol. The highest BCUT2D eigenvalue weighted by Gasteiger charge is 2.78. The molecular formula is C45H54F3NO16. The van der Waals surface area contributed by atoms with Crippen LogP contribution in [0.15, 0.2) is 59.7 Å². The first-order chi connectivity index (χ1) is 30.0. The molecule has 0 unspecified atom stereocenters. The van der Waals surface area contributed by atoms with Crippen molar-refractivity contribution in [3.8, 4) is 5.75 Å². The molecule has 1 heterocycles. The number of Topliss-reactive ketones (excluding diaryl/α,β-unsaturated/α-hetero) is 1. The number of aliphatic hydroxyl groups is 5. The van der Waals surface area contributed by atoms with Crippen molar-refractivity contribution in [1.29, 1.82) is 0 Å². The molecule has 2 aromatic rings. The number of amides is 1. The van der Waals surface area contributed by atoms with Crippen LogP contribution in [0.4, 0.5) is 18.0 Å². The number of halogens is 3. The summed E-state index contributed by atoms with van der Waals surface area (Å²) in [5.74, 6) is -7.32. The minimum atomic E-state index is -5.16. The maximum Gasteiger partial charge on any atom is 0.573 e. The quantitative estimate of drug-likeness (QED) is 0.113. The molecule has 6 rings (SSSR count). The smallest absolute Gasteiger partial charge is 0.456 e. The lowest BCUT2D eigenvalue weighted by molar-refractivity contribution is -0.346. The number of benzene rings is 2. The van der Waals surface area contributed by atoms with Crippen LogP contribution >= 0.6 is 0 Å². The molecule has 0 spiro atoms. The van der Waals surface area contributed by atoms with Crippen molar-refractivity contribution in [3.05, 3.63) is 76.4 Å². The van der Waals surface area contributed by atoms with Gasteiger partial charge < -0.3 is 59.3 Å². The number of ketones is 1. The number of alkyl halides is 3. The van der Waals surface area contributed by atoms with Crippen molar-refractivity contribution >= 4 is 29.8 Å². The second-order valence-corrected chi connectivity index (χ2v) is 18.8. The maximum atomic E-state index is 15.0. The van der Waals surface area contributed by atoms with Crippen LogP contribution in [0.3, 0.4) is 0 Å². The van der Waals surface area contributed by atoms with E-state index in [-0.39, 0.29) is 23.1 Å². The highest BCUT2D eigenvalue weighted by molar-refractivity contribution is 5.94. The lowest BCUT2D eigenvalue weighted by Gasteiger charge is -2.67. The first kappa shape index (κ1) is 49.3. The first-order valence-electron chi connectivity index (χ1n) is 20.8. The Hall–Kier alpha value is -5.12. The van der Waals surface area contributed by atoms with Crippen molar-refractivity contribution in [2.45, 2.75) is 141 Å². The summed E-state index contributed by atoms with van der Waals surface area (Å²) in [5.41, 5.74) is -9.91. The summed E-state index contributed by atoms with van der Waals surface area (Å²) < 4.78 is 73.0. The Morgan fingerprint density at radius 3 is 2.25 bits per heavy atom. The Kier molecular flexibility index (Phi) is 13.1. The van der Waals surface area contributed by atoms with Gasteiger partial charge in [0.25, 0.3) is 0 Å². The van der Waals surface area contributed by atoms with Gasteiger partial charge in [0.15, 0.2) is 17.5 Å². The molecule has 65 heavy (non-hydrogen) atoms. The summed E-state index contributed by atoms with van der Waals surface area (Å²) >= 11 is 0. The van der Waals surface area contributed by atoms with E-state index in [1.165, 1.54) is 45.9 Å². The summed E-state index contributed by atoms with van der Waals surface area (Å²) in [6.07, 6.45) is -18.3. The van der Waals surface area contributed by atoms with Crippen LogP contribution in [-0.2, 0) is 44.7 Å². The number of alkyl carbamates (subject to hydrolysis) is 1. The molecular weight excluding hydrogens is 867 g/mol. The third kappa shape index (κ3) is 8.95. The standard InChI is InChI=1S/C45H54F3NO16/c1-21-27(61-38(57)33(54)31(49-39(58)65-40(3,4)5)24-12-9-11-23(15-24)19-50)18-44(59)36(62-37(56)25-13-10-14-26(16-25)64-45(46,47)48)34-42(8,35(55)32(53)30(21)41(44,6)7)28(52)17-29-43(34,20-60-29)63-22(2)51/h9-16,27-29,31-34,36,50,52-54,59H,17-20H2,1-8H3,(H,49,58)/t27-,28-,29+,31-,32+,33+,34-,36-,42+,43-,44+/m0/s1. The number of hydrogen-bond acceptors (Lipinski definition) is 16. The number of carbonyl (C=O) groups is 5. The van der Waals surface area contributed by atoms with Crippen LogP contribution in [0.1, 0.15) is 95.8 Å². The van der Waals surface area contributed by atoms with Gasteiger partial charge in [0.2, 0.25) is 0 Å². The van der Waals surface area contributed by atoms with E-state index < -0.39 is 143 Å². The number of fused-ring (bicyclic) bond motifs is 5. The summed E-state index contributed by atoms with van der Waals surface area (Å²) in [6, 6.07) is 8.12. The van der Waals surface area contributed by atoms with Gasteiger partial charge in [0.1, 0.15) is 41.4 Å². The molecule has 356 valence electrons. The van der Waals surface area contributed by atoms with Gasteiger partial charge in [-0.25, -0.2) is 14.4 Å². The van der Waals surface area contributed by atoms with E-state index in [2.05, 4.69) is 10.1 Å². The van der Waals surface area contributed by atoms with Crippen LogP contribution < -0.4 is 10.1 Å². The molecule has 2 bridgehead atoms. The molecule has 1 amide bonds. The highest BCUT2D eigenvalue weighted by Crippen LogP contribution is 2.64. The van der Waals surface area contributed by atoms with E-state index in [0.29, 0.717) is 5.56 Å². The predicted octanol–water partition coefficient (Wildman–Crippen LogP) is 3.65. The van der Waals surface area contributed by atoms with Crippen molar-refractivity contribution in [1.82, 2.24) is 5.32 Å². The minimum absolute atomic E-state index is 0.00832. The fourth-order valence-electron chi connectivity index (χ4n) is 10.0. The number of esters is 3. The number of carbonyl (C=O) groups excluding carboxylic acids is 5. The van der Waals surface area contributed by atoms with E-state index in [1.54, 1.807) is 26.8 Å². The number of ether oxygens (including phenoxy) is 6. The van der Waals surface area contributed by atoms with Crippen LogP contribution in [-0.4, -0.2) is 122 Å². The molecule has 4 aliphatic rings. The summed E-state index contributed by atoms with van der Waals surface area (Å²) in [5, 5.41) is 61.6. The minimum Gasteiger partial charge on any atom is -0.456 e. The van der Waals surface area contributed by atoms with E-state index in [9.17, 15) is 57.9 Å². The van der Waals surface area contributed by atoms with E-state index in [1.807, 2.05) is 0 Å².